The van der Waals surface area contributed by atoms with Gasteiger partial charge in [-0.25, -0.2) is 12.8 Å². The van der Waals surface area contributed by atoms with Gasteiger partial charge in [0.05, 0.1) is 0 Å². The number of hydrogen-bond donors (Lipinski definition) is 1. The molecule has 0 fully saturated rings. The standard InChI is InChI=1S/C6H12F3NO3S/c1-2-3-4-10(11)14(12,13)6(8,9)5-7/h11H,2-5H2,1H3. The van der Waals surface area contributed by atoms with Gasteiger partial charge < -0.3 is 0 Å². The number of sulfonamides is 1. The molecule has 0 rings (SSSR count). The first-order chi connectivity index (χ1) is 6.29. The number of nitrogens with zero attached hydrogens (tertiary/aromatic N) is 1. The van der Waals surface area contributed by atoms with Gasteiger partial charge in [-0.15, -0.1) is 0 Å². The Labute approximate surface area is 80.3 Å². The lowest BCUT2D eigenvalue weighted by atomic mass is 10.3. The Morgan fingerprint density at radius 3 is 2.29 bits per heavy atom. The molecule has 0 aliphatic rings. The molecule has 0 aliphatic heterocycles. The molecule has 0 aromatic rings. The second-order valence-corrected chi connectivity index (χ2v) is 4.64. The van der Waals surface area contributed by atoms with E-state index in [1.807, 2.05) is 0 Å². The summed E-state index contributed by atoms with van der Waals surface area (Å²) < 4.78 is 57.6. The minimum Gasteiger partial charge on any atom is -0.299 e. The Balaban J connectivity index is 4.62. The van der Waals surface area contributed by atoms with Crippen molar-refractivity contribution in [3.63, 3.8) is 0 Å². The molecule has 0 bridgehead atoms. The first-order valence-corrected chi connectivity index (χ1v) is 5.38. The lowest BCUT2D eigenvalue weighted by Crippen LogP contribution is -2.43. The van der Waals surface area contributed by atoms with E-state index in [0.717, 1.165) is 0 Å². The molecule has 1 N–H and O–H groups in total. The van der Waals surface area contributed by atoms with E-state index in [2.05, 4.69) is 0 Å². The number of unbranched alkanes of at least 4 members (excludes halogenated alkanes) is 1. The van der Waals surface area contributed by atoms with Gasteiger partial charge >= 0.3 is 15.3 Å². The summed E-state index contributed by atoms with van der Waals surface area (Å²) in [6.07, 6.45) is 0.742. The zero-order valence-electron chi connectivity index (χ0n) is 7.58. The summed E-state index contributed by atoms with van der Waals surface area (Å²) in [6, 6.07) is 0. The lowest BCUT2D eigenvalue weighted by molar-refractivity contribution is -0.0246. The molecule has 0 aromatic heterocycles. The van der Waals surface area contributed by atoms with Crippen molar-refractivity contribution in [2.45, 2.75) is 25.0 Å². The molecule has 8 heteroatoms. The number of hydrogen-bond acceptors (Lipinski definition) is 3. The quantitative estimate of drug-likeness (QED) is 0.707. The van der Waals surface area contributed by atoms with Gasteiger partial charge in [-0.05, 0) is 6.42 Å². The maximum Gasteiger partial charge on any atom is 0.388 e. The van der Waals surface area contributed by atoms with Crippen LogP contribution in [0.2, 0.25) is 0 Å². The average molecular weight is 235 g/mol. The summed E-state index contributed by atoms with van der Waals surface area (Å²) in [6.45, 7) is -1.12. The topological polar surface area (TPSA) is 57.6 Å². The van der Waals surface area contributed by atoms with Crippen LogP contribution >= 0.6 is 0 Å². The van der Waals surface area contributed by atoms with E-state index in [0.29, 0.717) is 6.42 Å². The largest absolute Gasteiger partial charge is 0.388 e. The molecule has 0 aromatic carbocycles. The molecule has 0 unspecified atom stereocenters. The van der Waals surface area contributed by atoms with Crippen LogP contribution in [0.15, 0.2) is 0 Å². The van der Waals surface area contributed by atoms with Crippen LogP contribution in [0.3, 0.4) is 0 Å². The van der Waals surface area contributed by atoms with E-state index < -0.39 is 33.0 Å². The van der Waals surface area contributed by atoms with Gasteiger partial charge in [0.15, 0.2) is 6.67 Å². The minimum atomic E-state index is -5.28. The number of rotatable bonds is 6. The highest BCUT2D eigenvalue weighted by Gasteiger charge is 2.49. The molecule has 0 atom stereocenters. The third-order valence-corrected chi connectivity index (χ3v) is 3.11. The lowest BCUT2D eigenvalue weighted by Gasteiger charge is -2.19. The van der Waals surface area contributed by atoms with Gasteiger partial charge in [0, 0.05) is 6.54 Å². The molecule has 14 heavy (non-hydrogen) atoms. The molecule has 0 amide bonds. The van der Waals surface area contributed by atoms with Crippen LogP contribution in [0.5, 0.6) is 0 Å². The fourth-order valence-corrected chi connectivity index (χ4v) is 1.45. The molecule has 0 saturated heterocycles. The van der Waals surface area contributed by atoms with Crippen molar-refractivity contribution in [3.8, 4) is 0 Å². The van der Waals surface area contributed by atoms with Crippen LogP contribution in [-0.2, 0) is 10.0 Å². The molecule has 4 nitrogen and oxygen atoms in total. The Morgan fingerprint density at radius 1 is 1.43 bits per heavy atom. The Hall–Kier alpha value is -0.340. The Bertz CT molecular complexity index is 267. The van der Waals surface area contributed by atoms with Gasteiger partial charge in [-0.2, -0.15) is 8.78 Å². The van der Waals surface area contributed by atoms with Crippen LogP contribution in [0, 0.1) is 0 Å². The van der Waals surface area contributed by atoms with Crippen molar-refractivity contribution in [2.75, 3.05) is 13.2 Å². The first-order valence-electron chi connectivity index (χ1n) is 3.94. The molecule has 0 spiro atoms. The SMILES string of the molecule is CCCCN(O)S(=O)(=O)C(F)(F)CF. The van der Waals surface area contributed by atoms with Crippen LogP contribution < -0.4 is 0 Å². The third-order valence-electron chi connectivity index (χ3n) is 1.51. The number of alkyl halides is 3. The molecule has 0 aliphatic carbocycles. The van der Waals surface area contributed by atoms with Crippen LogP contribution in [0.1, 0.15) is 19.8 Å². The highest BCUT2D eigenvalue weighted by atomic mass is 32.2. The fourth-order valence-electron chi connectivity index (χ4n) is 0.637. The Kier molecular flexibility index (Phi) is 4.82. The van der Waals surface area contributed by atoms with Crippen molar-refractivity contribution >= 4 is 10.0 Å². The second-order valence-electron chi connectivity index (χ2n) is 2.68. The summed E-state index contributed by atoms with van der Waals surface area (Å²) in [5, 5.41) is 4.21. The second kappa shape index (κ2) is 4.94. The van der Waals surface area contributed by atoms with E-state index in [1.165, 1.54) is 0 Å². The summed E-state index contributed by atoms with van der Waals surface area (Å²) in [5.41, 5.74) is 0. The summed E-state index contributed by atoms with van der Waals surface area (Å²) in [4.78, 5) is 0. The van der Waals surface area contributed by atoms with E-state index >= 15 is 0 Å². The zero-order valence-corrected chi connectivity index (χ0v) is 8.40. The van der Waals surface area contributed by atoms with Crippen molar-refractivity contribution in [1.82, 2.24) is 4.47 Å². The first kappa shape index (κ1) is 13.7. The summed E-state index contributed by atoms with van der Waals surface area (Å²) in [5.74, 6) is 0. The predicted octanol–water partition coefficient (Wildman–Crippen LogP) is 1.37. The van der Waals surface area contributed by atoms with Crippen LogP contribution in [0.25, 0.3) is 0 Å². The summed E-state index contributed by atoms with van der Waals surface area (Å²) >= 11 is 0. The van der Waals surface area contributed by atoms with Crippen molar-refractivity contribution < 1.29 is 26.8 Å². The van der Waals surface area contributed by atoms with Gasteiger partial charge in [-0.1, -0.05) is 17.8 Å². The van der Waals surface area contributed by atoms with Gasteiger partial charge in [0.2, 0.25) is 0 Å². The van der Waals surface area contributed by atoms with E-state index in [-0.39, 0.29) is 6.42 Å². The maximum atomic E-state index is 12.4. The fraction of sp³-hybridized carbons (Fsp3) is 1.00. The summed E-state index contributed by atoms with van der Waals surface area (Å²) in [7, 11) is -5.28. The molecule has 86 valence electrons. The van der Waals surface area contributed by atoms with Gasteiger partial charge in [0.25, 0.3) is 0 Å². The molecule has 0 heterocycles. The average Bonchev–Trinajstić information content (AvgIpc) is 2.13. The third kappa shape index (κ3) is 2.82. The predicted molar refractivity (Wildman–Crippen MR) is 43.2 cm³/mol. The highest BCUT2D eigenvalue weighted by Crippen LogP contribution is 2.25. The Morgan fingerprint density at radius 2 is 1.93 bits per heavy atom. The maximum absolute atomic E-state index is 12.4. The van der Waals surface area contributed by atoms with E-state index in [1.54, 1.807) is 6.92 Å². The van der Waals surface area contributed by atoms with Crippen molar-refractivity contribution in [1.29, 1.82) is 0 Å². The van der Waals surface area contributed by atoms with Gasteiger partial charge in [-0.3, -0.25) is 5.21 Å². The normalized spacial score (nSPS) is 13.6. The number of hydroxylamine groups is 1. The molecule has 0 saturated carbocycles. The molecular weight excluding hydrogens is 223 g/mol. The van der Waals surface area contributed by atoms with E-state index in [4.69, 9.17) is 5.21 Å². The number of halogens is 3. The minimum absolute atomic E-state index is 0.220. The van der Waals surface area contributed by atoms with Crippen LogP contribution in [-0.4, -0.2) is 36.6 Å². The van der Waals surface area contributed by atoms with Crippen LogP contribution in [0.4, 0.5) is 13.2 Å². The molecule has 0 radical (unpaired) electrons. The van der Waals surface area contributed by atoms with Gasteiger partial charge in [0.1, 0.15) is 0 Å². The van der Waals surface area contributed by atoms with Crippen molar-refractivity contribution in [2.24, 2.45) is 0 Å². The van der Waals surface area contributed by atoms with E-state index in [9.17, 15) is 21.6 Å². The van der Waals surface area contributed by atoms with Crippen molar-refractivity contribution in [3.05, 3.63) is 0 Å². The molecular formula is C6H12F3NO3S. The smallest absolute Gasteiger partial charge is 0.299 e. The monoisotopic (exact) mass is 235 g/mol. The highest BCUT2D eigenvalue weighted by molar-refractivity contribution is 7.90. The zero-order chi connectivity index (χ0) is 11.4.